The molecule has 0 unspecified atom stereocenters. The Kier molecular flexibility index (Phi) is 8.35. The van der Waals surface area contributed by atoms with Gasteiger partial charge in [0.25, 0.3) is 0 Å². The van der Waals surface area contributed by atoms with Crippen molar-refractivity contribution in [3.63, 3.8) is 0 Å². The van der Waals surface area contributed by atoms with Gasteiger partial charge in [0.05, 0.1) is 0 Å². The van der Waals surface area contributed by atoms with Gasteiger partial charge >= 0.3 is 138 Å². The molecule has 0 aliphatic heterocycles. The fourth-order valence-electron chi connectivity index (χ4n) is 2.93. The minimum atomic E-state index is 0. The number of hydrogen-bond donors (Lipinski definition) is 0. The van der Waals surface area contributed by atoms with Gasteiger partial charge in [-0.3, -0.25) is 0 Å². The first-order valence-corrected chi connectivity index (χ1v) is 6.89. The van der Waals surface area contributed by atoms with Gasteiger partial charge in [-0.1, -0.05) is 18.2 Å². The van der Waals surface area contributed by atoms with E-state index in [4.69, 9.17) is 0 Å². The van der Waals surface area contributed by atoms with E-state index in [-0.39, 0.29) is 138 Å². The van der Waals surface area contributed by atoms with Crippen LogP contribution in [0.5, 0.6) is 0 Å². The van der Waals surface area contributed by atoms with E-state index < -0.39 is 0 Å². The van der Waals surface area contributed by atoms with Gasteiger partial charge in [0.15, 0.2) is 0 Å². The molecule has 0 bridgehead atoms. The summed E-state index contributed by atoms with van der Waals surface area (Å²) in [5.74, 6) is 1.33. The summed E-state index contributed by atoms with van der Waals surface area (Å²) < 4.78 is 0. The SMILES string of the molecule is [Cs+].[Cs+].c1ccc([C-]2c3ccccc3[CH-]c3ccccc32)cc1. The van der Waals surface area contributed by atoms with Crippen molar-refractivity contribution in [3.05, 3.63) is 119 Å². The molecule has 0 radical (unpaired) electrons. The molecule has 0 heterocycles. The molecule has 0 atom stereocenters. The fraction of sp³-hybridized carbons (Fsp3) is 0. The largest absolute Gasteiger partial charge is 1.00 e. The molecule has 22 heavy (non-hydrogen) atoms. The van der Waals surface area contributed by atoms with Crippen molar-refractivity contribution in [2.45, 2.75) is 0 Å². The minimum Gasteiger partial charge on any atom is -0.174 e. The van der Waals surface area contributed by atoms with Gasteiger partial charge in [0, 0.05) is 0 Å². The van der Waals surface area contributed by atoms with Crippen LogP contribution >= 0.6 is 0 Å². The quantitative estimate of drug-likeness (QED) is 0.272. The third-order valence-corrected chi connectivity index (χ3v) is 3.83. The van der Waals surface area contributed by atoms with Gasteiger partial charge in [0.1, 0.15) is 0 Å². The Morgan fingerprint density at radius 3 is 1.55 bits per heavy atom. The molecule has 96 valence electrons. The van der Waals surface area contributed by atoms with Crippen molar-refractivity contribution >= 4 is 0 Å². The van der Waals surface area contributed by atoms with Gasteiger partial charge in [-0.05, 0) is 0 Å². The molecular formula is C20H14Cs2. The first-order valence-electron chi connectivity index (χ1n) is 6.89. The van der Waals surface area contributed by atoms with E-state index in [2.05, 4.69) is 85.3 Å². The third kappa shape index (κ3) is 4.01. The predicted octanol–water partition coefficient (Wildman–Crippen LogP) is -1.37. The van der Waals surface area contributed by atoms with Gasteiger partial charge < -0.3 is 0 Å². The van der Waals surface area contributed by atoms with Crippen molar-refractivity contribution < 1.29 is 138 Å². The molecular weight excluding hydrogens is 506 g/mol. The first kappa shape index (κ1) is 19.8. The van der Waals surface area contributed by atoms with Crippen molar-refractivity contribution in [3.8, 4) is 0 Å². The van der Waals surface area contributed by atoms with Crippen molar-refractivity contribution in [2.75, 3.05) is 0 Å². The second-order valence-corrected chi connectivity index (χ2v) is 5.06. The molecule has 0 nitrogen and oxygen atoms in total. The Morgan fingerprint density at radius 1 is 0.545 bits per heavy atom. The molecule has 0 saturated heterocycles. The van der Waals surface area contributed by atoms with Crippen LogP contribution in [0.4, 0.5) is 0 Å². The van der Waals surface area contributed by atoms with Crippen LogP contribution in [0, 0.1) is 12.3 Å². The molecule has 2 heteroatoms. The maximum atomic E-state index is 2.27. The maximum absolute atomic E-state index is 2.27. The topological polar surface area (TPSA) is 0 Å². The molecule has 0 spiro atoms. The summed E-state index contributed by atoms with van der Waals surface area (Å²) in [6.45, 7) is 0. The molecule has 3 aromatic rings. The third-order valence-electron chi connectivity index (χ3n) is 3.83. The van der Waals surface area contributed by atoms with Crippen LogP contribution in [0.15, 0.2) is 78.9 Å². The summed E-state index contributed by atoms with van der Waals surface area (Å²) in [5, 5.41) is 0. The summed E-state index contributed by atoms with van der Waals surface area (Å²) in [6.07, 6.45) is 2.27. The van der Waals surface area contributed by atoms with E-state index in [1.54, 1.807) is 0 Å². The van der Waals surface area contributed by atoms with E-state index in [0.29, 0.717) is 0 Å². The molecule has 0 amide bonds. The normalized spacial score (nSPS) is 11.2. The Hall–Kier alpha value is 1.50. The van der Waals surface area contributed by atoms with Crippen LogP contribution in [0.3, 0.4) is 0 Å². The van der Waals surface area contributed by atoms with Crippen LogP contribution in [-0.2, 0) is 0 Å². The van der Waals surface area contributed by atoms with E-state index >= 15 is 0 Å². The summed E-state index contributed by atoms with van der Waals surface area (Å²) in [5.41, 5.74) is 6.51. The van der Waals surface area contributed by atoms with Gasteiger partial charge in [0.2, 0.25) is 0 Å². The molecule has 0 N–H and O–H groups in total. The van der Waals surface area contributed by atoms with Gasteiger partial charge in [-0.25, -0.2) is 0 Å². The average molecular weight is 520 g/mol. The van der Waals surface area contributed by atoms with Crippen LogP contribution in [0.25, 0.3) is 0 Å². The minimum absolute atomic E-state index is 0. The molecule has 0 fully saturated rings. The summed E-state index contributed by atoms with van der Waals surface area (Å²) >= 11 is 0. The van der Waals surface area contributed by atoms with Crippen LogP contribution < -0.4 is 138 Å². The van der Waals surface area contributed by atoms with Crippen molar-refractivity contribution in [1.29, 1.82) is 0 Å². The Bertz CT molecular complexity index is 705. The van der Waals surface area contributed by atoms with Crippen LogP contribution in [0.1, 0.15) is 27.8 Å². The molecule has 0 aromatic heterocycles. The van der Waals surface area contributed by atoms with Gasteiger partial charge in [-0.2, -0.15) is 28.7 Å². The zero-order valence-electron chi connectivity index (χ0n) is 13.1. The molecule has 1 aliphatic rings. The number of rotatable bonds is 1. The summed E-state index contributed by atoms with van der Waals surface area (Å²) in [6, 6.07) is 27.9. The van der Waals surface area contributed by atoms with E-state index in [0.717, 1.165) is 0 Å². The molecule has 1 aliphatic carbocycles. The number of fused-ring (bicyclic) bond motifs is 2. The van der Waals surface area contributed by atoms with Crippen LogP contribution in [-0.4, -0.2) is 0 Å². The Balaban J connectivity index is 0.000000882. The fourth-order valence-corrected chi connectivity index (χ4v) is 2.93. The van der Waals surface area contributed by atoms with E-state index in [1.165, 1.54) is 33.7 Å². The molecule has 0 saturated carbocycles. The standard InChI is InChI=1S/C20H14.2Cs/c1-2-8-15(9-3-1)20-18-12-6-4-10-16(18)14-17-11-5-7-13-19(17)20;;/h1-14H;;/q-2;2*+1. The van der Waals surface area contributed by atoms with E-state index in [9.17, 15) is 0 Å². The predicted molar refractivity (Wildman–Crippen MR) is 82.4 cm³/mol. The molecule has 3 aromatic carbocycles. The van der Waals surface area contributed by atoms with Crippen molar-refractivity contribution in [1.82, 2.24) is 0 Å². The zero-order chi connectivity index (χ0) is 13.4. The Labute approximate surface area is 250 Å². The van der Waals surface area contributed by atoms with Crippen LogP contribution in [0.2, 0.25) is 0 Å². The zero-order valence-corrected chi connectivity index (χ0v) is 25.6. The van der Waals surface area contributed by atoms with Crippen molar-refractivity contribution in [2.24, 2.45) is 0 Å². The average Bonchev–Trinajstić information content (AvgIpc) is 2.53. The summed E-state index contributed by atoms with van der Waals surface area (Å²) in [7, 11) is 0. The molecule has 4 rings (SSSR count). The number of benzene rings is 3. The second-order valence-electron chi connectivity index (χ2n) is 5.06. The smallest absolute Gasteiger partial charge is 0.174 e. The van der Waals surface area contributed by atoms with Gasteiger partial charge in [-0.15, -0.1) is 72.1 Å². The second kappa shape index (κ2) is 9.27. The maximum Gasteiger partial charge on any atom is 1.00 e. The number of hydrogen-bond acceptors (Lipinski definition) is 0. The monoisotopic (exact) mass is 520 g/mol. The van der Waals surface area contributed by atoms with E-state index in [1.807, 2.05) is 0 Å². The summed E-state index contributed by atoms with van der Waals surface area (Å²) in [4.78, 5) is 0. The first-order chi connectivity index (χ1) is 9.93. The Morgan fingerprint density at radius 2 is 1.00 bits per heavy atom.